The number of hydrogen-bond donors (Lipinski definition) is 2. The van der Waals surface area contributed by atoms with Crippen LogP contribution in [0.15, 0.2) is 17.0 Å². The third-order valence-corrected chi connectivity index (χ3v) is 5.35. The van der Waals surface area contributed by atoms with Gasteiger partial charge in [-0.05, 0) is 44.5 Å². The van der Waals surface area contributed by atoms with Crippen LogP contribution in [0.4, 0.5) is 4.39 Å². The topological polar surface area (TPSA) is 58.2 Å². The van der Waals surface area contributed by atoms with Gasteiger partial charge in [0.25, 0.3) is 0 Å². The zero-order valence-corrected chi connectivity index (χ0v) is 14.3. The van der Waals surface area contributed by atoms with E-state index in [9.17, 15) is 12.8 Å². The Labute approximate surface area is 131 Å². The molecule has 0 aliphatic heterocycles. The minimum atomic E-state index is -3.79. The van der Waals surface area contributed by atoms with Gasteiger partial charge in [-0.3, -0.25) is 0 Å². The predicted octanol–water partition coefficient (Wildman–Crippen LogP) is 3.06. The Morgan fingerprint density at radius 3 is 2.43 bits per heavy atom. The fourth-order valence-corrected chi connectivity index (χ4v) is 3.38. The molecule has 0 amide bonds. The van der Waals surface area contributed by atoms with Crippen LogP contribution in [0.5, 0.6) is 0 Å². The van der Waals surface area contributed by atoms with Gasteiger partial charge in [0, 0.05) is 12.1 Å². The Morgan fingerprint density at radius 1 is 1.29 bits per heavy atom. The Hall–Kier alpha value is -0.690. The van der Waals surface area contributed by atoms with Gasteiger partial charge >= 0.3 is 0 Å². The van der Waals surface area contributed by atoms with Crippen LogP contribution in [0, 0.1) is 5.82 Å². The highest BCUT2D eigenvalue weighted by atomic mass is 35.5. The lowest BCUT2D eigenvalue weighted by molar-refractivity contribution is 0.439. The van der Waals surface area contributed by atoms with Gasteiger partial charge in [-0.2, -0.15) is 0 Å². The van der Waals surface area contributed by atoms with Crippen LogP contribution >= 0.6 is 11.6 Å². The molecule has 0 atom stereocenters. The number of nitrogens with one attached hydrogen (secondary N) is 2. The quantitative estimate of drug-likeness (QED) is 0.804. The summed E-state index contributed by atoms with van der Waals surface area (Å²) >= 11 is 5.88. The van der Waals surface area contributed by atoms with E-state index < -0.39 is 21.4 Å². The van der Waals surface area contributed by atoms with E-state index in [1.54, 1.807) is 13.8 Å². The molecule has 0 spiro atoms. The monoisotopic (exact) mass is 336 g/mol. The van der Waals surface area contributed by atoms with Gasteiger partial charge in [-0.15, -0.1) is 0 Å². The van der Waals surface area contributed by atoms with Crippen molar-refractivity contribution in [3.8, 4) is 0 Å². The smallest absolute Gasteiger partial charge is 0.241 e. The zero-order valence-electron chi connectivity index (χ0n) is 12.8. The average Bonchev–Trinajstić information content (AvgIpc) is 2.39. The van der Waals surface area contributed by atoms with Crippen molar-refractivity contribution in [2.45, 2.75) is 51.1 Å². The van der Waals surface area contributed by atoms with Crippen LogP contribution in [-0.4, -0.2) is 20.5 Å². The fourth-order valence-electron chi connectivity index (χ4n) is 1.66. The maximum Gasteiger partial charge on any atom is 0.241 e. The van der Waals surface area contributed by atoms with Crippen LogP contribution in [0.1, 0.15) is 39.7 Å². The molecule has 0 aliphatic carbocycles. The highest BCUT2D eigenvalue weighted by Gasteiger charge is 2.26. The summed E-state index contributed by atoms with van der Waals surface area (Å²) in [5.41, 5.74) is -0.176. The van der Waals surface area contributed by atoms with Crippen molar-refractivity contribution in [3.05, 3.63) is 28.5 Å². The van der Waals surface area contributed by atoms with Crippen molar-refractivity contribution in [2.24, 2.45) is 0 Å². The molecule has 0 bridgehead atoms. The first-order chi connectivity index (χ1) is 9.63. The van der Waals surface area contributed by atoms with Gasteiger partial charge in [0.1, 0.15) is 5.82 Å². The van der Waals surface area contributed by atoms with E-state index in [1.165, 1.54) is 6.07 Å². The van der Waals surface area contributed by atoms with Crippen molar-refractivity contribution in [1.29, 1.82) is 0 Å². The largest absolute Gasteiger partial charge is 0.313 e. The first-order valence-corrected chi connectivity index (χ1v) is 8.71. The molecule has 0 aromatic heterocycles. The third-order valence-electron chi connectivity index (χ3n) is 3.25. The summed E-state index contributed by atoms with van der Waals surface area (Å²) in [5, 5.41) is 2.95. The molecule has 21 heavy (non-hydrogen) atoms. The summed E-state index contributed by atoms with van der Waals surface area (Å²) in [6, 6.07) is 2.36. The fraction of sp³-hybridized carbons (Fsp3) is 0.571. The van der Waals surface area contributed by atoms with E-state index in [1.807, 2.05) is 13.8 Å². The second-order valence-corrected chi connectivity index (χ2v) is 7.56. The van der Waals surface area contributed by atoms with Crippen molar-refractivity contribution < 1.29 is 12.8 Å². The zero-order chi connectivity index (χ0) is 16.3. The standard InChI is InChI=1S/C14H22ClFN2O2S/c1-5-14(3,4)18-21(19,20)11-7-10(9-17-6-2)13(15)12(16)8-11/h7-8,17-18H,5-6,9H2,1-4H3. The number of benzene rings is 1. The summed E-state index contributed by atoms with van der Waals surface area (Å²) in [7, 11) is -3.79. The minimum absolute atomic E-state index is 0.0512. The lowest BCUT2D eigenvalue weighted by atomic mass is 10.0. The van der Waals surface area contributed by atoms with E-state index in [-0.39, 0.29) is 9.92 Å². The van der Waals surface area contributed by atoms with Crippen LogP contribution in [0.3, 0.4) is 0 Å². The van der Waals surface area contributed by atoms with E-state index in [2.05, 4.69) is 10.0 Å². The summed E-state index contributed by atoms with van der Waals surface area (Å²) in [6.45, 7) is 8.31. The number of halogens is 2. The lowest BCUT2D eigenvalue weighted by Crippen LogP contribution is -2.42. The van der Waals surface area contributed by atoms with E-state index in [0.717, 1.165) is 6.07 Å². The third kappa shape index (κ3) is 4.92. The Morgan fingerprint density at radius 2 is 1.90 bits per heavy atom. The van der Waals surface area contributed by atoms with Crippen LogP contribution in [0.25, 0.3) is 0 Å². The SMILES string of the molecule is CCNCc1cc(S(=O)(=O)NC(C)(C)CC)cc(F)c1Cl. The summed E-state index contributed by atoms with van der Waals surface area (Å²) in [6.07, 6.45) is 0.618. The molecule has 120 valence electrons. The van der Waals surface area contributed by atoms with Crippen molar-refractivity contribution in [1.82, 2.24) is 10.0 Å². The summed E-state index contributed by atoms with van der Waals surface area (Å²) in [5.74, 6) is -0.734. The lowest BCUT2D eigenvalue weighted by Gasteiger charge is -2.24. The number of hydrogen-bond acceptors (Lipinski definition) is 3. The molecule has 1 aromatic rings. The second-order valence-electron chi connectivity index (χ2n) is 5.50. The van der Waals surface area contributed by atoms with Crippen LogP contribution in [0.2, 0.25) is 5.02 Å². The van der Waals surface area contributed by atoms with Gasteiger partial charge in [-0.1, -0.05) is 25.4 Å². The Kier molecular flexibility index (Phi) is 6.16. The van der Waals surface area contributed by atoms with E-state index in [0.29, 0.717) is 25.1 Å². The van der Waals surface area contributed by atoms with Gasteiger partial charge in [0.15, 0.2) is 0 Å². The highest BCUT2D eigenvalue weighted by molar-refractivity contribution is 7.89. The second kappa shape index (κ2) is 7.05. The average molecular weight is 337 g/mol. The van der Waals surface area contributed by atoms with Gasteiger partial charge in [0.2, 0.25) is 10.0 Å². The molecule has 1 rings (SSSR count). The van der Waals surface area contributed by atoms with Gasteiger partial charge in [-0.25, -0.2) is 17.5 Å². The molecule has 0 saturated heterocycles. The molecule has 0 radical (unpaired) electrons. The Balaban J connectivity index is 3.21. The first-order valence-electron chi connectivity index (χ1n) is 6.85. The van der Waals surface area contributed by atoms with Crippen molar-refractivity contribution in [2.75, 3.05) is 6.54 Å². The molecular weight excluding hydrogens is 315 g/mol. The van der Waals surface area contributed by atoms with Crippen LogP contribution < -0.4 is 10.0 Å². The summed E-state index contributed by atoms with van der Waals surface area (Å²) < 4.78 is 41.1. The molecule has 0 unspecified atom stereocenters. The normalized spacial score (nSPS) is 12.7. The molecule has 1 aromatic carbocycles. The van der Waals surface area contributed by atoms with Crippen molar-refractivity contribution in [3.63, 3.8) is 0 Å². The minimum Gasteiger partial charge on any atom is -0.313 e. The maximum atomic E-state index is 13.9. The molecule has 7 heteroatoms. The van der Waals surface area contributed by atoms with E-state index in [4.69, 9.17) is 11.6 Å². The molecule has 2 N–H and O–H groups in total. The Bertz CT molecular complexity index is 603. The van der Waals surface area contributed by atoms with Gasteiger partial charge in [0.05, 0.1) is 9.92 Å². The maximum absolute atomic E-state index is 13.9. The molecule has 0 fully saturated rings. The van der Waals surface area contributed by atoms with E-state index >= 15 is 0 Å². The highest BCUT2D eigenvalue weighted by Crippen LogP contribution is 2.25. The molecule has 0 heterocycles. The molecule has 4 nitrogen and oxygen atoms in total. The predicted molar refractivity (Wildman–Crippen MR) is 83.5 cm³/mol. The summed E-state index contributed by atoms with van der Waals surface area (Å²) in [4.78, 5) is -0.112. The van der Waals surface area contributed by atoms with Crippen molar-refractivity contribution >= 4 is 21.6 Å². The molecule has 0 saturated carbocycles. The van der Waals surface area contributed by atoms with Crippen LogP contribution in [-0.2, 0) is 16.6 Å². The number of sulfonamides is 1. The number of rotatable bonds is 7. The van der Waals surface area contributed by atoms with Gasteiger partial charge < -0.3 is 5.32 Å². The first kappa shape index (κ1) is 18.4. The molecule has 0 aliphatic rings. The molecular formula is C14H22ClFN2O2S.